The Bertz CT molecular complexity index is 640. The average Bonchev–Trinajstić information content (AvgIpc) is 2.46. The minimum absolute atomic E-state index is 0.208. The van der Waals surface area contributed by atoms with Gasteiger partial charge in [0, 0.05) is 5.69 Å². The summed E-state index contributed by atoms with van der Waals surface area (Å²) in [6.45, 7) is 0. The number of carbonyl (C=O) groups is 1. The van der Waals surface area contributed by atoms with Gasteiger partial charge in [-0.3, -0.25) is 9.69 Å². The summed E-state index contributed by atoms with van der Waals surface area (Å²) in [5, 5.41) is 0. The van der Waals surface area contributed by atoms with Crippen molar-refractivity contribution in [2.75, 3.05) is 4.90 Å². The predicted octanol–water partition coefficient (Wildman–Crippen LogP) is 3.55. The minimum atomic E-state index is -3.46. The fourth-order valence-corrected chi connectivity index (χ4v) is 2.35. The van der Waals surface area contributed by atoms with Crippen LogP contribution in [0.25, 0.3) is 0 Å². The molecule has 102 valence electrons. The number of alkyl halides is 2. The molecule has 2 aromatic rings. The Morgan fingerprint density at radius 1 is 0.950 bits per heavy atom. The van der Waals surface area contributed by atoms with Gasteiger partial charge in [-0.05, 0) is 29.8 Å². The molecule has 0 radical (unpaired) electrons. The van der Waals surface area contributed by atoms with E-state index < -0.39 is 23.7 Å². The van der Waals surface area contributed by atoms with Crippen molar-refractivity contribution in [2.24, 2.45) is 0 Å². The highest BCUT2D eigenvalue weighted by atomic mass is 19.3. The quantitative estimate of drug-likeness (QED) is 0.769. The summed E-state index contributed by atoms with van der Waals surface area (Å²) >= 11 is 0. The second-order valence-corrected chi connectivity index (χ2v) is 4.59. The number of rotatable bonds is 2. The highest BCUT2D eigenvalue weighted by Crippen LogP contribution is 2.49. The Hall–Kier alpha value is -2.30. The molecule has 0 N–H and O–H groups in total. The molecule has 0 saturated carbocycles. The number of hydrogen-bond acceptors (Lipinski definition) is 1. The van der Waals surface area contributed by atoms with Crippen molar-refractivity contribution in [3.63, 3.8) is 0 Å². The molecule has 1 aliphatic rings. The third-order valence-corrected chi connectivity index (χ3v) is 3.33. The van der Waals surface area contributed by atoms with Crippen molar-refractivity contribution >= 4 is 11.6 Å². The smallest absolute Gasteiger partial charge is 0.293 e. The first-order valence-corrected chi connectivity index (χ1v) is 6.04. The Balaban J connectivity index is 2.02. The topological polar surface area (TPSA) is 20.3 Å². The fraction of sp³-hybridized carbons (Fsp3) is 0.133. The number of benzene rings is 2. The highest BCUT2D eigenvalue weighted by Gasteiger charge is 2.64. The number of amides is 1. The maximum atomic E-state index is 13.8. The van der Waals surface area contributed by atoms with E-state index in [2.05, 4.69) is 0 Å². The van der Waals surface area contributed by atoms with Crippen LogP contribution in [0.2, 0.25) is 0 Å². The van der Waals surface area contributed by atoms with Crippen LogP contribution in [0.15, 0.2) is 54.6 Å². The number of hydrogen-bond donors (Lipinski definition) is 0. The minimum Gasteiger partial charge on any atom is -0.293 e. The van der Waals surface area contributed by atoms with Crippen molar-refractivity contribution < 1.29 is 18.0 Å². The molecule has 1 fully saturated rings. The van der Waals surface area contributed by atoms with Crippen LogP contribution < -0.4 is 4.90 Å². The second kappa shape index (κ2) is 4.37. The van der Waals surface area contributed by atoms with Crippen LogP contribution in [0.5, 0.6) is 0 Å². The van der Waals surface area contributed by atoms with Gasteiger partial charge >= 0.3 is 11.8 Å². The van der Waals surface area contributed by atoms with Crippen LogP contribution in [0.1, 0.15) is 11.6 Å². The van der Waals surface area contributed by atoms with E-state index >= 15 is 0 Å². The van der Waals surface area contributed by atoms with Gasteiger partial charge in [0.1, 0.15) is 11.9 Å². The molecule has 1 atom stereocenters. The van der Waals surface area contributed by atoms with Gasteiger partial charge in [-0.15, -0.1) is 0 Å². The lowest BCUT2D eigenvalue weighted by atomic mass is 9.89. The molecular weight excluding hydrogens is 267 g/mol. The molecule has 0 spiro atoms. The van der Waals surface area contributed by atoms with Gasteiger partial charge in [0.25, 0.3) is 0 Å². The fourth-order valence-electron chi connectivity index (χ4n) is 2.35. The summed E-state index contributed by atoms with van der Waals surface area (Å²) in [5.41, 5.74) is 0.609. The molecular formula is C15H10F3NO. The van der Waals surface area contributed by atoms with Gasteiger partial charge in [-0.1, -0.05) is 30.3 Å². The number of halogens is 3. The number of nitrogens with zero attached hydrogens (tertiary/aromatic N) is 1. The summed E-state index contributed by atoms with van der Waals surface area (Å²) in [6, 6.07) is 11.6. The predicted molar refractivity (Wildman–Crippen MR) is 68.0 cm³/mol. The van der Waals surface area contributed by atoms with Gasteiger partial charge in [0.15, 0.2) is 0 Å². The largest absolute Gasteiger partial charge is 0.349 e. The standard InChI is InChI=1S/C15H10F3NO/c16-11-8-6-10(7-9-11)13-15(17,18)14(20)19(13)12-4-2-1-3-5-12/h1-9,13H/t13-/m0/s1. The SMILES string of the molecule is O=C1N(c2ccccc2)[C@@H](c2ccc(F)cc2)C1(F)F. The zero-order valence-corrected chi connectivity index (χ0v) is 10.3. The summed E-state index contributed by atoms with van der Waals surface area (Å²) in [7, 11) is 0. The van der Waals surface area contributed by atoms with E-state index in [1.165, 1.54) is 12.1 Å². The molecule has 5 heteroatoms. The summed E-state index contributed by atoms with van der Waals surface area (Å²) in [6.07, 6.45) is 0. The van der Waals surface area contributed by atoms with E-state index in [9.17, 15) is 18.0 Å². The third-order valence-electron chi connectivity index (χ3n) is 3.33. The number of carbonyl (C=O) groups excluding carboxylic acids is 1. The molecule has 20 heavy (non-hydrogen) atoms. The molecule has 1 amide bonds. The zero-order chi connectivity index (χ0) is 14.3. The molecule has 0 aliphatic carbocycles. The maximum absolute atomic E-state index is 13.8. The second-order valence-electron chi connectivity index (χ2n) is 4.59. The summed E-state index contributed by atoms with van der Waals surface area (Å²) in [5.74, 6) is -5.21. The number of anilines is 1. The Labute approximate surface area is 113 Å². The molecule has 1 saturated heterocycles. The van der Waals surface area contributed by atoms with Crippen molar-refractivity contribution in [1.29, 1.82) is 0 Å². The normalized spacial score (nSPS) is 20.6. The Morgan fingerprint density at radius 3 is 2.15 bits per heavy atom. The molecule has 2 aromatic carbocycles. The van der Waals surface area contributed by atoms with E-state index in [4.69, 9.17) is 0 Å². The molecule has 0 bridgehead atoms. The maximum Gasteiger partial charge on any atom is 0.349 e. The van der Waals surface area contributed by atoms with Crippen LogP contribution >= 0.6 is 0 Å². The molecule has 1 heterocycles. The van der Waals surface area contributed by atoms with Crippen LogP contribution in [0, 0.1) is 5.82 Å². The molecule has 1 aliphatic heterocycles. The molecule has 0 aromatic heterocycles. The third kappa shape index (κ3) is 1.78. The number of para-hydroxylation sites is 1. The van der Waals surface area contributed by atoms with Crippen molar-refractivity contribution in [1.82, 2.24) is 0 Å². The van der Waals surface area contributed by atoms with Crippen molar-refractivity contribution in [2.45, 2.75) is 12.0 Å². The van der Waals surface area contributed by atoms with Gasteiger partial charge in [0.2, 0.25) is 0 Å². The van der Waals surface area contributed by atoms with E-state index in [1.807, 2.05) is 0 Å². The summed E-state index contributed by atoms with van der Waals surface area (Å²) in [4.78, 5) is 12.7. The molecule has 3 rings (SSSR count). The first-order valence-electron chi connectivity index (χ1n) is 6.04. The molecule has 0 unspecified atom stereocenters. The van der Waals surface area contributed by atoms with E-state index in [-0.39, 0.29) is 5.56 Å². The van der Waals surface area contributed by atoms with Crippen molar-refractivity contribution in [3.8, 4) is 0 Å². The Morgan fingerprint density at radius 2 is 1.55 bits per heavy atom. The van der Waals surface area contributed by atoms with Crippen LogP contribution in [0.3, 0.4) is 0 Å². The average molecular weight is 277 g/mol. The van der Waals surface area contributed by atoms with E-state index in [0.717, 1.165) is 17.0 Å². The van der Waals surface area contributed by atoms with Gasteiger partial charge in [-0.2, -0.15) is 8.78 Å². The first-order chi connectivity index (χ1) is 9.51. The van der Waals surface area contributed by atoms with Crippen LogP contribution in [-0.2, 0) is 4.79 Å². The monoisotopic (exact) mass is 277 g/mol. The van der Waals surface area contributed by atoms with E-state index in [1.54, 1.807) is 30.3 Å². The van der Waals surface area contributed by atoms with E-state index in [0.29, 0.717) is 5.69 Å². The van der Waals surface area contributed by atoms with Gasteiger partial charge < -0.3 is 0 Å². The lowest BCUT2D eigenvalue weighted by Gasteiger charge is -2.46. The van der Waals surface area contributed by atoms with Crippen LogP contribution in [-0.4, -0.2) is 11.8 Å². The van der Waals surface area contributed by atoms with Gasteiger partial charge in [-0.25, -0.2) is 4.39 Å². The van der Waals surface area contributed by atoms with Gasteiger partial charge in [0.05, 0.1) is 0 Å². The Kier molecular flexibility index (Phi) is 2.78. The lowest BCUT2D eigenvalue weighted by molar-refractivity contribution is -0.162. The van der Waals surface area contributed by atoms with Crippen molar-refractivity contribution in [3.05, 3.63) is 66.0 Å². The molecule has 2 nitrogen and oxygen atoms in total. The first kappa shape index (κ1) is 12.7. The highest BCUT2D eigenvalue weighted by molar-refractivity contribution is 6.07. The lowest BCUT2D eigenvalue weighted by Crippen LogP contribution is -2.64. The van der Waals surface area contributed by atoms with Crippen LogP contribution in [0.4, 0.5) is 18.9 Å². The number of β-lactam (4-membered cyclic amide) rings is 1. The zero-order valence-electron chi connectivity index (χ0n) is 10.3. The summed E-state index contributed by atoms with van der Waals surface area (Å²) < 4.78 is 40.6.